The van der Waals surface area contributed by atoms with E-state index in [-0.39, 0.29) is 0 Å². The molecule has 3 aliphatic rings. The van der Waals surface area contributed by atoms with Crippen LogP contribution in [0.25, 0.3) is 0 Å². The molecule has 0 bridgehead atoms. The molecule has 0 radical (unpaired) electrons. The molecule has 114 valence electrons. The molecule has 20 heavy (non-hydrogen) atoms. The van der Waals surface area contributed by atoms with E-state index in [0.29, 0.717) is 18.2 Å². The van der Waals surface area contributed by atoms with Crippen LogP contribution in [0.3, 0.4) is 0 Å². The van der Waals surface area contributed by atoms with Gasteiger partial charge in [-0.1, -0.05) is 12.8 Å². The summed E-state index contributed by atoms with van der Waals surface area (Å²) in [6, 6.07) is 1.08. The molecular weight excluding hydrogens is 270 g/mol. The first-order valence-electron chi connectivity index (χ1n) is 8.11. The van der Waals surface area contributed by atoms with Crippen molar-refractivity contribution in [1.29, 1.82) is 0 Å². The first kappa shape index (κ1) is 14.5. The third kappa shape index (κ3) is 3.26. The van der Waals surface area contributed by atoms with Crippen molar-refractivity contribution in [3.8, 4) is 0 Å². The van der Waals surface area contributed by atoms with Gasteiger partial charge in [-0.25, -0.2) is 0 Å². The summed E-state index contributed by atoms with van der Waals surface area (Å²) in [5, 5.41) is 4.59. The molecular formula is C15H27N3OS. The van der Waals surface area contributed by atoms with Crippen LogP contribution in [0.2, 0.25) is 0 Å². The standard InChI is InChI=1S/C15H27N3OS/c1-17-8-6-12(7-9-17)16-15(20)18-10-11-19-14-5-3-2-4-13(14)18/h12-14H,2-11H2,1H3,(H,16,20). The molecule has 1 saturated carbocycles. The van der Waals surface area contributed by atoms with Gasteiger partial charge in [-0.05, 0) is 58.0 Å². The number of rotatable bonds is 1. The zero-order valence-corrected chi connectivity index (χ0v) is 13.3. The predicted octanol–water partition coefficient (Wildman–Crippen LogP) is 1.60. The monoisotopic (exact) mass is 297 g/mol. The van der Waals surface area contributed by atoms with Gasteiger partial charge in [0.25, 0.3) is 0 Å². The van der Waals surface area contributed by atoms with E-state index in [4.69, 9.17) is 17.0 Å². The maximum Gasteiger partial charge on any atom is 0.169 e. The molecule has 3 rings (SSSR count). The van der Waals surface area contributed by atoms with Gasteiger partial charge in [-0.3, -0.25) is 0 Å². The molecule has 4 nitrogen and oxygen atoms in total. The molecule has 1 aliphatic carbocycles. The van der Waals surface area contributed by atoms with E-state index in [2.05, 4.69) is 22.2 Å². The summed E-state index contributed by atoms with van der Waals surface area (Å²) in [7, 11) is 2.20. The highest BCUT2D eigenvalue weighted by Crippen LogP contribution is 2.28. The highest BCUT2D eigenvalue weighted by Gasteiger charge is 2.35. The van der Waals surface area contributed by atoms with Crippen LogP contribution in [0.15, 0.2) is 0 Å². The second-order valence-electron chi connectivity index (χ2n) is 6.48. The summed E-state index contributed by atoms with van der Waals surface area (Å²) in [5.41, 5.74) is 0. The molecule has 2 atom stereocenters. The van der Waals surface area contributed by atoms with Gasteiger partial charge in [0.1, 0.15) is 0 Å². The average molecular weight is 297 g/mol. The predicted molar refractivity (Wildman–Crippen MR) is 85.0 cm³/mol. The zero-order valence-electron chi connectivity index (χ0n) is 12.5. The van der Waals surface area contributed by atoms with E-state index in [0.717, 1.165) is 18.3 Å². The van der Waals surface area contributed by atoms with Gasteiger partial charge in [0.2, 0.25) is 0 Å². The fourth-order valence-corrected chi connectivity index (χ4v) is 4.15. The first-order chi connectivity index (χ1) is 9.74. The SMILES string of the molecule is CN1CCC(NC(=S)N2CCOC3CCCCC32)CC1. The Morgan fingerprint density at radius 3 is 2.65 bits per heavy atom. The maximum atomic E-state index is 5.93. The van der Waals surface area contributed by atoms with Crippen LogP contribution in [0.5, 0.6) is 0 Å². The fourth-order valence-electron chi connectivity index (χ4n) is 3.76. The van der Waals surface area contributed by atoms with Crippen LogP contribution in [-0.2, 0) is 4.74 Å². The highest BCUT2D eigenvalue weighted by molar-refractivity contribution is 7.80. The molecule has 5 heteroatoms. The van der Waals surface area contributed by atoms with Crippen LogP contribution in [0, 0.1) is 0 Å². The molecule has 0 aromatic heterocycles. The van der Waals surface area contributed by atoms with Crippen molar-refractivity contribution < 1.29 is 4.74 Å². The lowest BCUT2D eigenvalue weighted by Crippen LogP contribution is -2.59. The van der Waals surface area contributed by atoms with Gasteiger partial charge in [-0.15, -0.1) is 0 Å². The maximum absolute atomic E-state index is 5.93. The van der Waals surface area contributed by atoms with Crippen molar-refractivity contribution in [2.24, 2.45) is 0 Å². The third-order valence-electron chi connectivity index (χ3n) is 5.04. The summed E-state index contributed by atoms with van der Waals surface area (Å²) >= 11 is 5.70. The average Bonchev–Trinajstić information content (AvgIpc) is 2.49. The Balaban J connectivity index is 1.55. The largest absolute Gasteiger partial charge is 0.374 e. The lowest BCUT2D eigenvalue weighted by Gasteiger charge is -2.45. The second kappa shape index (κ2) is 6.58. The Labute approximate surface area is 127 Å². The number of thiocarbonyl (C=S) groups is 1. The Morgan fingerprint density at radius 1 is 1.10 bits per heavy atom. The van der Waals surface area contributed by atoms with E-state index in [1.54, 1.807) is 0 Å². The van der Waals surface area contributed by atoms with Gasteiger partial charge < -0.3 is 19.9 Å². The lowest BCUT2D eigenvalue weighted by molar-refractivity contribution is -0.0641. The van der Waals surface area contributed by atoms with Crippen LogP contribution >= 0.6 is 12.2 Å². The number of likely N-dealkylation sites (tertiary alicyclic amines) is 1. The number of ether oxygens (including phenoxy) is 1. The van der Waals surface area contributed by atoms with E-state index in [1.165, 1.54) is 51.6 Å². The van der Waals surface area contributed by atoms with Crippen LogP contribution in [0.1, 0.15) is 38.5 Å². The minimum absolute atomic E-state index is 0.412. The van der Waals surface area contributed by atoms with E-state index in [9.17, 15) is 0 Å². The minimum atomic E-state index is 0.412. The van der Waals surface area contributed by atoms with E-state index < -0.39 is 0 Å². The van der Waals surface area contributed by atoms with Gasteiger partial charge in [0.05, 0.1) is 18.8 Å². The fraction of sp³-hybridized carbons (Fsp3) is 0.933. The van der Waals surface area contributed by atoms with Crippen LogP contribution < -0.4 is 5.32 Å². The summed E-state index contributed by atoms with van der Waals surface area (Å²) in [6.07, 6.45) is 7.89. The van der Waals surface area contributed by atoms with E-state index >= 15 is 0 Å². The molecule has 2 unspecified atom stereocenters. The second-order valence-corrected chi connectivity index (χ2v) is 6.87. The van der Waals surface area contributed by atoms with Crippen molar-refractivity contribution in [1.82, 2.24) is 15.1 Å². The number of fused-ring (bicyclic) bond motifs is 1. The van der Waals surface area contributed by atoms with Gasteiger partial charge in [-0.2, -0.15) is 0 Å². The smallest absolute Gasteiger partial charge is 0.169 e. The highest BCUT2D eigenvalue weighted by atomic mass is 32.1. The first-order valence-corrected chi connectivity index (χ1v) is 8.52. The number of piperidine rings is 1. The van der Waals surface area contributed by atoms with E-state index in [1.807, 2.05) is 0 Å². The minimum Gasteiger partial charge on any atom is -0.374 e. The van der Waals surface area contributed by atoms with Crippen LogP contribution in [-0.4, -0.2) is 66.4 Å². The number of nitrogens with zero attached hydrogens (tertiary/aromatic N) is 2. The van der Waals surface area contributed by atoms with Gasteiger partial charge in [0.15, 0.2) is 5.11 Å². The molecule has 0 aromatic rings. The molecule has 0 spiro atoms. The quantitative estimate of drug-likeness (QED) is 0.742. The zero-order chi connectivity index (χ0) is 13.9. The lowest BCUT2D eigenvalue weighted by atomic mass is 9.90. The molecule has 0 amide bonds. The molecule has 3 fully saturated rings. The number of hydrogen-bond acceptors (Lipinski definition) is 3. The van der Waals surface area contributed by atoms with Crippen molar-refractivity contribution >= 4 is 17.3 Å². The number of nitrogens with one attached hydrogen (secondary N) is 1. The van der Waals surface area contributed by atoms with Crippen molar-refractivity contribution in [2.75, 3.05) is 33.3 Å². The molecule has 1 N–H and O–H groups in total. The summed E-state index contributed by atoms with van der Waals surface area (Å²) in [5.74, 6) is 0. The number of morpholine rings is 1. The van der Waals surface area contributed by atoms with Crippen molar-refractivity contribution in [3.05, 3.63) is 0 Å². The third-order valence-corrected chi connectivity index (χ3v) is 5.39. The topological polar surface area (TPSA) is 27.7 Å². The van der Waals surface area contributed by atoms with Gasteiger partial charge >= 0.3 is 0 Å². The van der Waals surface area contributed by atoms with Crippen LogP contribution in [0.4, 0.5) is 0 Å². The Morgan fingerprint density at radius 2 is 1.85 bits per heavy atom. The van der Waals surface area contributed by atoms with Crippen molar-refractivity contribution in [3.63, 3.8) is 0 Å². The Hall–Kier alpha value is -0.390. The number of hydrogen-bond donors (Lipinski definition) is 1. The molecule has 2 aliphatic heterocycles. The molecule has 2 saturated heterocycles. The normalized spacial score (nSPS) is 32.8. The van der Waals surface area contributed by atoms with Gasteiger partial charge in [0, 0.05) is 12.6 Å². The Kier molecular flexibility index (Phi) is 4.79. The summed E-state index contributed by atoms with van der Waals surface area (Å²) in [6.45, 7) is 4.14. The van der Waals surface area contributed by atoms with Crippen molar-refractivity contribution in [2.45, 2.75) is 56.7 Å². The Bertz CT molecular complexity index is 342. The molecule has 2 heterocycles. The molecule has 0 aromatic carbocycles. The summed E-state index contributed by atoms with van der Waals surface area (Å²) in [4.78, 5) is 4.81. The summed E-state index contributed by atoms with van der Waals surface area (Å²) < 4.78 is 5.93.